The summed E-state index contributed by atoms with van der Waals surface area (Å²) in [6.07, 6.45) is -2.61. The summed E-state index contributed by atoms with van der Waals surface area (Å²) in [6, 6.07) is 10.4. The maximum absolute atomic E-state index is 16.2. The van der Waals surface area contributed by atoms with Crippen LogP contribution in [-0.2, 0) is 17.5 Å². The van der Waals surface area contributed by atoms with E-state index in [1.54, 1.807) is 37.2 Å². The molecule has 2 unspecified atom stereocenters. The molecule has 2 aromatic carbocycles. The van der Waals surface area contributed by atoms with Gasteiger partial charge in [-0.25, -0.2) is 17.6 Å². The average Bonchev–Trinajstić information content (AvgIpc) is 3.10. The highest BCUT2D eigenvalue weighted by Crippen LogP contribution is 2.52. The van der Waals surface area contributed by atoms with E-state index in [-0.39, 0.29) is 18.7 Å². The van der Waals surface area contributed by atoms with Gasteiger partial charge in [0.05, 0.1) is 5.54 Å². The Kier molecular flexibility index (Phi) is 4.68. The third-order valence-electron chi connectivity index (χ3n) is 7.31. The van der Waals surface area contributed by atoms with Crippen molar-refractivity contribution in [2.24, 2.45) is 0 Å². The molecule has 0 amide bonds. The molecule has 0 radical (unpaired) electrons. The van der Waals surface area contributed by atoms with Crippen LogP contribution in [0.5, 0.6) is 0 Å². The van der Waals surface area contributed by atoms with Crippen molar-refractivity contribution in [3.8, 4) is 0 Å². The van der Waals surface area contributed by atoms with E-state index in [0.29, 0.717) is 35.1 Å². The minimum atomic E-state index is -1.58. The average molecular weight is 431 g/mol. The van der Waals surface area contributed by atoms with Gasteiger partial charge in [0, 0.05) is 36.0 Å². The molecule has 2 atom stereocenters. The normalized spacial score (nSPS) is 30.8. The van der Waals surface area contributed by atoms with E-state index in [9.17, 15) is 8.78 Å². The molecule has 3 aromatic rings. The topological polar surface area (TPSA) is 31.1 Å². The SMILES string of the molecule is CN(C)C1(c2cccc(F)c2)CC(F)C2(NCCc3c2[nH]c2ccc(F)cc32)C(F)C1. The number of alkyl halides is 2. The second kappa shape index (κ2) is 7.07. The quantitative estimate of drug-likeness (QED) is 0.576. The van der Waals surface area contributed by atoms with Gasteiger partial charge in [0.2, 0.25) is 0 Å². The van der Waals surface area contributed by atoms with E-state index in [2.05, 4.69) is 10.3 Å². The Morgan fingerprint density at radius 2 is 1.68 bits per heavy atom. The predicted octanol–water partition coefficient (Wildman–Crippen LogP) is 4.71. The van der Waals surface area contributed by atoms with E-state index in [1.807, 2.05) is 0 Å². The van der Waals surface area contributed by atoms with Crippen LogP contribution >= 0.6 is 0 Å². The summed E-state index contributed by atoms with van der Waals surface area (Å²) in [5, 5.41) is 3.81. The highest BCUT2D eigenvalue weighted by atomic mass is 19.2. The largest absolute Gasteiger partial charge is 0.356 e. The van der Waals surface area contributed by atoms with Gasteiger partial charge in [-0.3, -0.25) is 4.90 Å². The lowest BCUT2D eigenvalue weighted by Crippen LogP contribution is -2.66. The van der Waals surface area contributed by atoms with E-state index in [1.165, 1.54) is 24.3 Å². The number of fused-ring (bicyclic) bond motifs is 4. The molecule has 5 rings (SSSR count). The minimum Gasteiger partial charge on any atom is -0.356 e. The van der Waals surface area contributed by atoms with Gasteiger partial charge in [-0.2, -0.15) is 0 Å². The monoisotopic (exact) mass is 431 g/mol. The molecule has 1 aliphatic heterocycles. The van der Waals surface area contributed by atoms with Crippen molar-refractivity contribution in [2.75, 3.05) is 20.6 Å². The first kappa shape index (κ1) is 20.5. The maximum atomic E-state index is 16.2. The Hall–Kier alpha value is -2.38. The number of aromatic amines is 1. The molecular weight excluding hydrogens is 406 g/mol. The Labute approximate surface area is 178 Å². The zero-order valence-corrected chi connectivity index (χ0v) is 17.5. The number of nitrogens with zero attached hydrogens (tertiary/aromatic N) is 1. The number of nitrogens with one attached hydrogen (secondary N) is 2. The van der Waals surface area contributed by atoms with Gasteiger partial charge in [-0.1, -0.05) is 12.1 Å². The highest BCUT2D eigenvalue weighted by Gasteiger charge is 2.60. The van der Waals surface area contributed by atoms with E-state index < -0.39 is 29.2 Å². The molecule has 7 heteroatoms. The van der Waals surface area contributed by atoms with Gasteiger partial charge in [0.25, 0.3) is 0 Å². The minimum absolute atomic E-state index is 0.0000394. The number of halogens is 4. The Morgan fingerprint density at radius 3 is 2.35 bits per heavy atom. The second-order valence-corrected chi connectivity index (χ2v) is 8.99. The van der Waals surface area contributed by atoms with Gasteiger partial charge in [-0.05, 0) is 62.0 Å². The van der Waals surface area contributed by atoms with Crippen LogP contribution in [-0.4, -0.2) is 42.9 Å². The first-order valence-corrected chi connectivity index (χ1v) is 10.5. The van der Waals surface area contributed by atoms with Gasteiger partial charge >= 0.3 is 0 Å². The van der Waals surface area contributed by atoms with Gasteiger partial charge in [0.1, 0.15) is 29.5 Å². The van der Waals surface area contributed by atoms with Crippen LogP contribution in [0.4, 0.5) is 17.6 Å². The van der Waals surface area contributed by atoms with E-state index >= 15 is 8.78 Å². The summed E-state index contributed by atoms with van der Waals surface area (Å²) >= 11 is 0. The van der Waals surface area contributed by atoms with Crippen LogP contribution in [0.1, 0.15) is 29.7 Å². The summed E-state index contributed by atoms with van der Waals surface area (Å²) in [7, 11) is 3.54. The summed E-state index contributed by atoms with van der Waals surface area (Å²) < 4.78 is 60.2. The maximum Gasteiger partial charge on any atom is 0.129 e. The fourth-order valence-electron chi connectivity index (χ4n) is 5.68. The second-order valence-electron chi connectivity index (χ2n) is 8.99. The first-order valence-electron chi connectivity index (χ1n) is 10.5. The third kappa shape index (κ3) is 2.86. The molecule has 2 aliphatic rings. The molecule has 1 fully saturated rings. The summed E-state index contributed by atoms with van der Waals surface area (Å²) in [6.45, 7) is 0.395. The van der Waals surface area contributed by atoms with Gasteiger partial charge in [0.15, 0.2) is 0 Å². The lowest BCUT2D eigenvalue weighted by atomic mass is 9.64. The molecule has 2 N–H and O–H groups in total. The molecular formula is C24H25F4N3. The fourth-order valence-corrected chi connectivity index (χ4v) is 5.68. The van der Waals surface area contributed by atoms with Crippen molar-refractivity contribution in [3.05, 3.63) is 70.9 Å². The molecule has 0 saturated heterocycles. The van der Waals surface area contributed by atoms with Crippen LogP contribution in [0.2, 0.25) is 0 Å². The summed E-state index contributed by atoms with van der Waals surface area (Å²) in [5.41, 5.74) is -0.0667. The summed E-state index contributed by atoms with van der Waals surface area (Å²) in [4.78, 5) is 4.98. The Morgan fingerprint density at radius 1 is 0.968 bits per heavy atom. The van der Waals surface area contributed by atoms with Gasteiger partial charge in [-0.15, -0.1) is 0 Å². The van der Waals surface area contributed by atoms with Crippen molar-refractivity contribution in [2.45, 2.75) is 42.7 Å². The number of benzene rings is 2. The van der Waals surface area contributed by atoms with Crippen molar-refractivity contribution >= 4 is 10.9 Å². The number of H-pyrrole nitrogens is 1. The molecule has 1 aliphatic carbocycles. The van der Waals surface area contributed by atoms with Crippen LogP contribution in [0.15, 0.2) is 42.5 Å². The van der Waals surface area contributed by atoms with Crippen LogP contribution < -0.4 is 5.32 Å². The van der Waals surface area contributed by atoms with Crippen LogP contribution in [0.3, 0.4) is 0 Å². The standard InChI is InChI=1S/C24H25F4N3/c1-31(2)23(14-4-3-5-15(25)10-14)12-20(27)24(21(28)13-23)22-17(8-9-29-24)18-11-16(26)6-7-19(18)30-22/h3-7,10-11,20-21,29-30H,8-9,12-13H2,1-2H3. The molecule has 31 heavy (non-hydrogen) atoms. The van der Waals surface area contributed by atoms with Gasteiger partial charge < -0.3 is 10.3 Å². The zero-order chi connectivity index (χ0) is 22.0. The van der Waals surface area contributed by atoms with Crippen molar-refractivity contribution in [1.82, 2.24) is 15.2 Å². The Balaban J connectivity index is 1.64. The highest BCUT2D eigenvalue weighted by molar-refractivity contribution is 5.85. The molecule has 0 bridgehead atoms. The molecule has 1 spiro atoms. The van der Waals surface area contributed by atoms with Crippen LogP contribution in [0.25, 0.3) is 10.9 Å². The van der Waals surface area contributed by atoms with E-state index in [0.717, 1.165) is 5.56 Å². The lowest BCUT2D eigenvalue weighted by Gasteiger charge is -2.54. The smallest absolute Gasteiger partial charge is 0.129 e. The number of aromatic nitrogens is 1. The summed E-state index contributed by atoms with van der Waals surface area (Å²) in [5.74, 6) is -0.808. The molecule has 164 valence electrons. The lowest BCUT2D eigenvalue weighted by molar-refractivity contribution is -0.0680. The third-order valence-corrected chi connectivity index (χ3v) is 7.31. The first-order chi connectivity index (χ1) is 14.8. The zero-order valence-electron chi connectivity index (χ0n) is 17.5. The molecule has 1 aromatic heterocycles. The van der Waals surface area contributed by atoms with Crippen LogP contribution in [0, 0.1) is 11.6 Å². The molecule has 2 heterocycles. The molecule has 3 nitrogen and oxygen atoms in total. The van der Waals surface area contributed by atoms with Crippen molar-refractivity contribution in [1.29, 1.82) is 0 Å². The van der Waals surface area contributed by atoms with Crippen molar-refractivity contribution in [3.63, 3.8) is 0 Å². The number of hydrogen-bond acceptors (Lipinski definition) is 2. The number of rotatable bonds is 2. The van der Waals surface area contributed by atoms with Crippen molar-refractivity contribution < 1.29 is 17.6 Å². The van der Waals surface area contributed by atoms with E-state index in [4.69, 9.17) is 0 Å². The fraction of sp³-hybridized carbons (Fsp3) is 0.417. The Bertz CT molecular complexity index is 1130. The molecule has 1 saturated carbocycles. The number of hydrogen-bond donors (Lipinski definition) is 2. The predicted molar refractivity (Wildman–Crippen MR) is 112 cm³/mol.